The number of rotatable bonds is 2. The molecule has 0 spiro atoms. The summed E-state index contributed by atoms with van der Waals surface area (Å²) >= 11 is 7.19. The van der Waals surface area contributed by atoms with E-state index in [2.05, 4.69) is 20.2 Å². The van der Waals surface area contributed by atoms with E-state index in [1.54, 1.807) is 18.5 Å². The number of aromatic nitrogens is 4. The fraction of sp³-hybridized carbons (Fsp3) is 0.111. The molecule has 2 aromatic rings. The van der Waals surface area contributed by atoms with Crippen molar-refractivity contribution in [3.05, 3.63) is 29.3 Å². The molecule has 0 aliphatic rings. The largest absolute Gasteiger partial charge is 0.381 e. The summed E-state index contributed by atoms with van der Waals surface area (Å²) in [6, 6.07) is 1.75. The summed E-state index contributed by atoms with van der Waals surface area (Å²) in [6.45, 7) is 1.83. The normalized spacial score (nSPS) is 10.4. The van der Waals surface area contributed by atoms with Crippen molar-refractivity contribution in [2.24, 2.45) is 0 Å². The molecule has 0 aliphatic carbocycles. The van der Waals surface area contributed by atoms with E-state index >= 15 is 0 Å². The monoisotopic (exact) mass is 253 g/mol. The van der Waals surface area contributed by atoms with Crippen molar-refractivity contribution in [3.63, 3.8) is 0 Å². The molecule has 0 aliphatic heterocycles. The van der Waals surface area contributed by atoms with Gasteiger partial charge in [-0.3, -0.25) is 0 Å². The van der Waals surface area contributed by atoms with Crippen molar-refractivity contribution in [1.82, 2.24) is 20.2 Å². The molecule has 0 atom stereocenters. The Bertz CT molecular complexity index is 519. The molecule has 7 heteroatoms. The zero-order chi connectivity index (χ0) is 11.5. The van der Waals surface area contributed by atoms with E-state index in [9.17, 15) is 0 Å². The standard InChI is InChI=1S/C9H8ClN5S/c1-5-4-12-9(8(11)14-5)16-6-2-3-13-15-7(6)10/h2-4H,1H3,(H2,11,14). The van der Waals surface area contributed by atoms with Crippen molar-refractivity contribution in [3.8, 4) is 0 Å². The second-order valence-corrected chi connectivity index (χ2v) is 4.38. The number of nitrogens with zero attached hydrogens (tertiary/aromatic N) is 4. The first-order chi connectivity index (χ1) is 7.66. The molecule has 5 nitrogen and oxygen atoms in total. The number of aryl methyl sites for hydroxylation is 1. The summed E-state index contributed by atoms with van der Waals surface area (Å²) in [6.07, 6.45) is 3.22. The smallest absolute Gasteiger partial charge is 0.165 e. The van der Waals surface area contributed by atoms with E-state index in [-0.39, 0.29) is 0 Å². The molecule has 2 rings (SSSR count). The molecule has 16 heavy (non-hydrogen) atoms. The minimum atomic E-state index is 0.328. The summed E-state index contributed by atoms with van der Waals surface area (Å²) < 4.78 is 0. The lowest BCUT2D eigenvalue weighted by molar-refractivity contribution is 0.990. The van der Waals surface area contributed by atoms with Crippen molar-refractivity contribution in [2.45, 2.75) is 16.8 Å². The lowest BCUT2D eigenvalue weighted by Gasteiger charge is -2.04. The fourth-order valence-corrected chi connectivity index (χ4v) is 1.99. The zero-order valence-electron chi connectivity index (χ0n) is 8.38. The van der Waals surface area contributed by atoms with Gasteiger partial charge < -0.3 is 5.73 Å². The first-order valence-corrected chi connectivity index (χ1v) is 5.60. The number of nitrogen functional groups attached to an aromatic ring is 1. The Morgan fingerprint density at radius 3 is 2.94 bits per heavy atom. The SMILES string of the molecule is Cc1cnc(Sc2ccnnc2Cl)c(N)n1. The van der Waals surface area contributed by atoms with Gasteiger partial charge in [0.05, 0.1) is 16.8 Å². The second-order valence-electron chi connectivity index (χ2n) is 2.99. The third-order valence-corrected chi connectivity index (χ3v) is 3.18. The maximum Gasteiger partial charge on any atom is 0.165 e. The van der Waals surface area contributed by atoms with Crippen molar-refractivity contribution >= 4 is 29.2 Å². The Morgan fingerprint density at radius 1 is 1.44 bits per heavy atom. The highest BCUT2D eigenvalue weighted by Gasteiger charge is 2.08. The molecule has 2 aromatic heterocycles. The summed E-state index contributed by atoms with van der Waals surface area (Å²) in [4.78, 5) is 9.05. The van der Waals surface area contributed by atoms with Gasteiger partial charge in [0.15, 0.2) is 11.0 Å². The predicted molar refractivity (Wildman–Crippen MR) is 62.3 cm³/mol. The lowest BCUT2D eigenvalue weighted by atomic mass is 10.5. The molecule has 2 N–H and O–H groups in total. The van der Waals surface area contributed by atoms with Gasteiger partial charge in [-0.15, -0.1) is 5.10 Å². The highest BCUT2D eigenvalue weighted by Crippen LogP contribution is 2.32. The van der Waals surface area contributed by atoms with E-state index in [0.29, 0.717) is 16.0 Å². The molecular formula is C9H8ClN5S. The van der Waals surface area contributed by atoms with Crippen LogP contribution in [0.5, 0.6) is 0 Å². The average Bonchev–Trinajstić information content (AvgIpc) is 2.25. The Morgan fingerprint density at radius 2 is 2.25 bits per heavy atom. The molecule has 0 saturated heterocycles. The summed E-state index contributed by atoms with van der Waals surface area (Å²) in [7, 11) is 0. The number of halogens is 1. The first-order valence-electron chi connectivity index (χ1n) is 4.41. The number of anilines is 1. The van der Waals surface area contributed by atoms with Crippen LogP contribution < -0.4 is 5.73 Å². The van der Waals surface area contributed by atoms with Gasteiger partial charge in [0.25, 0.3) is 0 Å². The van der Waals surface area contributed by atoms with Crippen LogP contribution in [-0.4, -0.2) is 20.2 Å². The Labute approximate surface area is 101 Å². The molecule has 0 fully saturated rings. The Kier molecular flexibility index (Phi) is 3.21. The van der Waals surface area contributed by atoms with E-state index in [4.69, 9.17) is 17.3 Å². The molecule has 0 amide bonds. The van der Waals surface area contributed by atoms with Gasteiger partial charge in [0.1, 0.15) is 5.03 Å². The highest BCUT2D eigenvalue weighted by atomic mass is 35.5. The first kappa shape index (κ1) is 11.1. The fourth-order valence-electron chi connectivity index (χ4n) is 1.05. The molecule has 0 radical (unpaired) electrons. The molecule has 0 saturated carbocycles. The molecule has 0 aromatic carbocycles. The average molecular weight is 254 g/mol. The third-order valence-electron chi connectivity index (χ3n) is 1.73. The lowest BCUT2D eigenvalue weighted by Crippen LogP contribution is -1.97. The summed E-state index contributed by atoms with van der Waals surface area (Å²) in [5.74, 6) is 0.387. The molecule has 0 unspecified atom stereocenters. The number of hydrogen-bond donors (Lipinski definition) is 1. The van der Waals surface area contributed by atoms with Gasteiger partial charge in [-0.05, 0) is 13.0 Å². The van der Waals surface area contributed by atoms with Crippen molar-refractivity contribution < 1.29 is 0 Å². The van der Waals surface area contributed by atoms with Gasteiger partial charge >= 0.3 is 0 Å². The number of nitrogens with two attached hydrogens (primary N) is 1. The van der Waals surface area contributed by atoms with Crippen LogP contribution >= 0.6 is 23.4 Å². The minimum Gasteiger partial charge on any atom is -0.381 e. The van der Waals surface area contributed by atoms with Crippen LogP contribution in [0.15, 0.2) is 28.4 Å². The summed E-state index contributed by atoms with van der Waals surface area (Å²) in [5, 5.41) is 8.33. The third kappa shape index (κ3) is 2.40. The van der Waals surface area contributed by atoms with E-state index in [1.165, 1.54) is 11.8 Å². The van der Waals surface area contributed by atoms with E-state index in [0.717, 1.165) is 10.6 Å². The maximum absolute atomic E-state index is 5.87. The van der Waals surface area contributed by atoms with Crippen LogP contribution in [0.1, 0.15) is 5.69 Å². The van der Waals surface area contributed by atoms with Crippen LogP contribution in [-0.2, 0) is 0 Å². The molecule has 2 heterocycles. The Balaban J connectivity index is 2.31. The Hall–Kier alpha value is -1.40. The number of hydrogen-bond acceptors (Lipinski definition) is 6. The van der Waals surface area contributed by atoms with Gasteiger partial charge in [-0.1, -0.05) is 23.4 Å². The van der Waals surface area contributed by atoms with Crippen LogP contribution in [0.25, 0.3) is 0 Å². The summed E-state index contributed by atoms with van der Waals surface area (Å²) in [5.41, 5.74) is 6.52. The van der Waals surface area contributed by atoms with E-state index in [1.807, 2.05) is 6.92 Å². The minimum absolute atomic E-state index is 0.328. The van der Waals surface area contributed by atoms with Crippen molar-refractivity contribution in [1.29, 1.82) is 0 Å². The quantitative estimate of drug-likeness (QED) is 0.882. The molecule has 0 bridgehead atoms. The molecular weight excluding hydrogens is 246 g/mol. The predicted octanol–water partition coefficient (Wildman–Crippen LogP) is 1.96. The van der Waals surface area contributed by atoms with Gasteiger partial charge in [-0.25, -0.2) is 9.97 Å². The van der Waals surface area contributed by atoms with Crippen LogP contribution in [0, 0.1) is 6.92 Å². The maximum atomic E-state index is 5.87. The van der Waals surface area contributed by atoms with Crippen molar-refractivity contribution in [2.75, 3.05) is 5.73 Å². The molecule has 82 valence electrons. The van der Waals surface area contributed by atoms with Crippen LogP contribution in [0.4, 0.5) is 5.82 Å². The topological polar surface area (TPSA) is 77.6 Å². The zero-order valence-corrected chi connectivity index (χ0v) is 9.96. The van der Waals surface area contributed by atoms with E-state index < -0.39 is 0 Å². The van der Waals surface area contributed by atoms with Crippen LogP contribution in [0.3, 0.4) is 0 Å². The van der Waals surface area contributed by atoms with Gasteiger partial charge in [0.2, 0.25) is 0 Å². The second kappa shape index (κ2) is 4.63. The van der Waals surface area contributed by atoms with Gasteiger partial charge in [-0.2, -0.15) is 5.10 Å². The van der Waals surface area contributed by atoms with Crippen LogP contribution in [0.2, 0.25) is 5.15 Å². The van der Waals surface area contributed by atoms with Gasteiger partial charge in [0, 0.05) is 6.20 Å². The highest BCUT2D eigenvalue weighted by molar-refractivity contribution is 7.99.